The predicted molar refractivity (Wildman–Crippen MR) is 57.7 cm³/mol. The third-order valence-electron chi connectivity index (χ3n) is 2.01. The van der Waals surface area contributed by atoms with E-state index in [0.717, 1.165) is 0 Å². The van der Waals surface area contributed by atoms with Crippen molar-refractivity contribution in [3.63, 3.8) is 0 Å². The van der Waals surface area contributed by atoms with Gasteiger partial charge in [-0.3, -0.25) is 4.79 Å². The Bertz CT molecular complexity index is 266. The molecule has 0 bridgehead atoms. The van der Waals surface area contributed by atoms with Gasteiger partial charge in [-0.15, -0.1) is 0 Å². The summed E-state index contributed by atoms with van der Waals surface area (Å²) in [6, 6.07) is -1.93. The van der Waals surface area contributed by atoms with E-state index in [1.54, 1.807) is 0 Å². The molecule has 16 heavy (non-hydrogen) atoms. The Morgan fingerprint density at radius 2 is 2.00 bits per heavy atom. The Morgan fingerprint density at radius 1 is 1.44 bits per heavy atom. The number of carbonyl (C=O) groups is 3. The van der Waals surface area contributed by atoms with Gasteiger partial charge in [0.05, 0.1) is 6.04 Å². The first-order valence-electron chi connectivity index (χ1n) is 5.10. The van der Waals surface area contributed by atoms with Crippen molar-refractivity contribution in [1.82, 2.24) is 5.32 Å². The van der Waals surface area contributed by atoms with Gasteiger partial charge in [0.1, 0.15) is 12.3 Å². The molecular weight excluding hydrogens is 212 g/mol. The van der Waals surface area contributed by atoms with Gasteiger partial charge in [-0.1, -0.05) is 13.8 Å². The molecular formula is C10H18N2O4. The maximum Gasteiger partial charge on any atom is 0.326 e. The van der Waals surface area contributed by atoms with E-state index in [1.807, 2.05) is 13.8 Å². The lowest BCUT2D eigenvalue weighted by atomic mass is 10.0. The van der Waals surface area contributed by atoms with Gasteiger partial charge in [-0.05, 0) is 12.3 Å². The number of carboxylic acids is 1. The van der Waals surface area contributed by atoms with Gasteiger partial charge in [0, 0.05) is 6.42 Å². The maximum atomic E-state index is 11.5. The molecule has 6 nitrogen and oxygen atoms in total. The average Bonchev–Trinajstić information content (AvgIpc) is 2.15. The van der Waals surface area contributed by atoms with Crippen LogP contribution in [0.2, 0.25) is 0 Å². The van der Waals surface area contributed by atoms with Crippen molar-refractivity contribution in [2.45, 2.75) is 38.8 Å². The number of carbonyl (C=O) groups excluding carboxylic acids is 2. The second kappa shape index (κ2) is 6.95. The molecule has 1 unspecified atom stereocenters. The van der Waals surface area contributed by atoms with E-state index in [-0.39, 0.29) is 12.3 Å². The van der Waals surface area contributed by atoms with Gasteiger partial charge >= 0.3 is 5.97 Å². The summed E-state index contributed by atoms with van der Waals surface area (Å²) in [4.78, 5) is 32.3. The second-order valence-electron chi connectivity index (χ2n) is 4.04. The SMILES string of the molecule is CC(C)C[C@H](N)C(=O)NC(CC=O)C(=O)O. The molecule has 0 aliphatic carbocycles. The average molecular weight is 230 g/mol. The minimum atomic E-state index is -1.24. The van der Waals surface area contributed by atoms with Crippen LogP contribution < -0.4 is 11.1 Å². The van der Waals surface area contributed by atoms with Crippen molar-refractivity contribution in [2.24, 2.45) is 11.7 Å². The van der Waals surface area contributed by atoms with Crippen LogP contribution in [0.15, 0.2) is 0 Å². The van der Waals surface area contributed by atoms with Gasteiger partial charge in [0.2, 0.25) is 5.91 Å². The van der Waals surface area contributed by atoms with Crippen molar-refractivity contribution in [3.05, 3.63) is 0 Å². The normalized spacial score (nSPS) is 14.2. The lowest BCUT2D eigenvalue weighted by Crippen LogP contribution is -2.48. The van der Waals surface area contributed by atoms with Crippen LogP contribution >= 0.6 is 0 Å². The highest BCUT2D eigenvalue weighted by atomic mass is 16.4. The molecule has 0 aliphatic heterocycles. The van der Waals surface area contributed by atoms with Crippen molar-refractivity contribution < 1.29 is 19.5 Å². The maximum absolute atomic E-state index is 11.5. The van der Waals surface area contributed by atoms with Crippen LogP contribution in [0.1, 0.15) is 26.7 Å². The zero-order chi connectivity index (χ0) is 12.7. The molecule has 4 N–H and O–H groups in total. The summed E-state index contributed by atoms with van der Waals surface area (Å²) in [7, 11) is 0. The van der Waals surface area contributed by atoms with Crippen LogP contribution in [0.25, 0.3) is 0 Å². The van der Waals surface area contributed by atoms with Gasteiger partial charge in [0.15, 0.2) is 0 Å². The quantitative estimate of drug-likeness (QED) is 0.512. The Labute approximate surface area is 94.2 Å². The molecule has 0 aromatic heterocycles. The molecule has 6 heteroatoms. The number of aliphatic carboxylic acids is 1. The molecule has 0 aliphatic rings. The highest BCUT2D eigenvalue weighted by Gasteiger charge is 2.23. The Balaban J connectivity index is 4.28. The molecule has 0 fully saturated rings. The minimum Gasteiger partial charge on any atom is -0.480 e. The number of rotatable bonds is 7. The van der Waals surface area contributed by atoms with Crippen LogP contribution in [-0.4, -0.2) is 35.4 Å². The highest BCUT2D eigenvalue weighted by molar-refractivity contribution is 5.87. The van der Waals surface area contributed by atoms with E-state index in [4.69, 9.17) is 10.8 Å². The van der Waals surface area contributed by atoms with Crippen LogP contribution in [-0.2, 0) is 14.4 Å². The third kappa shape index (κ3) is 5.45. The van der Waals surface area contributed by atoms with E-state index in [9.17, 15) is 14.4 Å². The summed E-state index contributed by atoms with van der Waals surface area (Å²) in [5.74, 6) is -1.53. The van der Waals surface area contributed by atoms with Crippen molar-refractivity contribution in [2.75, 3.05) is 0 Å². The van der Waals surface area contributed by atoms with Gasteiger partial charge in [-0.2, -0.15) is 0 Å². The Morgan fingerprint density at radius 3 is 2.38 bits per heavy atom. The molecule has 0 saturated carbocycles. The summed E-state index contributed by atoms with van der Waals surface area (Å²) in [5.41, 5.74) is 5.57. The largest absolute Gasteiger partial charge is 0.480 e. The molecule has 0 radical (unpaired) electrons. The molecule has 92 valence electrons. The van der Waals surface area contributed by atoms with Crippen LogP contribution in [0.4, 0.5) is 0 Å². The summed E-state index contributed by atoms with van der Waals surface area (Å²) in [5, 5.41) is 10.9. The highest BCUT2D eigenvalue weighted by Crippen LogP contribution is 2.03. The molecule has 0 heterocycles. The fourth-order valence-corrected chi connectivity index (χ4v) is 1.21. The first-order valence-corrected chi connectivity index (χ1v) is 5.10. The van der Waals surface area contributed by atoms with E-state index < -0.39 is 24.0 Å². The summed E-state index contributed by atoms with van der Waals surface area (Å²) < 4.78 is 0. The third-order valence-corrected chi connectivity index (χ3v) is 2.01. The van der Waals surface area contributed by atoms with Crippen molar-refractivity contribution in [1.29, 1.82) is 0 Å². The molecule has 0 aromatic rings. The minimum absolute atomic E-state index is 0.245. The van der Waals surface area contributed by atoms with E-state index in [1.165, 1.54) is 0 Å². The Hall–Kier alpha value is -1.43. The summed E-state index contributed by atoms with van der Waals surface area (Å²) in [6.07, 6.45) is 0.668. The van der Waals surface area contributed by atoms with E-state index in [0.29, 0.717) is 12.7 Å². The topological polar surface area (TPSA) is 109 Å². The smallest absolute Gasteiger partial charge is 0.326 e. The fourth-order valence-electron chi connectivity index (χ4n) is 1.21. The summed E-state index contributed by atoms with van der Waals surface area (Å²) in [6.45, 7) is 3.82. The zero-order valence-electron chi connectivity index (χ0n) is 9.47. The molecule has 0 rings (SSSR count). The second-order valence-corrected chi connectivity index (χ2v) is 4.04. The molecule has 0 aromatic carbocycles. The lowest BCUT2D eigenvalue weighted by Gasteiger charge is -2.17. The van der Waals surface area contributed by atoms with Crippen LogP contribution in [0.3, 0.4) is 0 Å². The lowest BCUT2D eigenvalue weighted by molar-refractivity contribution is -0.142. The molecule has 0 spiro atoms. The first-order chi connectivity index (χ1) is 7.38. The number of carboxylic acid groups (broad SMARTS) is 1. The Kier molecular flexibility index (Phi) is 6.32. The molecule has 0 saturated heterocycles. The number of amides is 1. The monoisotopic (exact) mass is 230 g/mol. The number of nitrogens with two attached hydrogens (primary N) is 1. The number of hydrogen-bond donors (Lipinski definition) is 3. The number of aldehydes is 1. The fraction of sp³-hybridized carbons (Fsp3) is 0.700. The van der Waals surface area contributed by atoms with E-state index in [2.05, 4.69) is 5.32 Å². The summed E-state index contributed by atoms with van der Waals surface area (Å²) >= 11 is 0. The van der Waals surface area contributed by atoms with Crippen molar-refractivity contribution >= 4 is 18.2 Å². The first kappa shape index (κ1) is 14.6. The number of nitrogens with one attached hydrogen (secondary N) is 1. The zero-order valence-corrected chi connectivity index (χ0v) is 9.47. The van der Waals surface area contributed by atoms with E-state index >= 15 is 0 Å². The van der Waals surface area contributed by atoms with Gasteiger partial charge < -0.3 is 21.0 Å². The van der Waals surface area contributed by atoms with Gasteiger partial charge in [-0.25, -0.2) is 4.79 Å². The van der Waals surface area contributed by atoms with Crippen molar-refractivity contribution in [3.8, 4) is 0 Å². The standard InChI is InChI=1S/C10H18N2O4/c1-6(2)5-7(11)9(14)12-8(3-4-13)10(15)16/h4,6-8H,3,5,11H2,1-2H3,(H,12,14)(H,15,16)/t7-,8?/m0/s1. The van der Waals surface area contributed by atoms with Crippen LogP contribution in [0.5, 0.6) is 0 Å². The van der Waals surface area contributed by atoms with Crippen LogP contribution in [0, 0.1) is 5.92 Å². The van der Waals surface area contributed by atoms with Gasteiger partial charge in [0.25, 0.3) is 0 Å². The molecule has 2 atom stereocenters. The predicted octanol–water partition coefficient (Wildman–Crippen LogP) is -0.482. The number of hydrogen-bond acceptors (Lipinski definition) is 4. The molecule has 1 amide bonds.